The normalized spacial score (nSPS) is 28.3. The summed E-state index contributed by atoms with van der Waals surface area (Å²) in [6, 6.07) is 4.09. The van der Waals surface area contributed by atoms with E-state index >= 15 is 0 Å². The van der Waals surface area contributed by atoms with Crippen LogP contribution in [0.25, 0.3) is 0 Å². The number of likely N-dealkylation sites (tertiary alicyclic amines) is 1. The summed E-state index contributed by atoms with van der Waals surface area (Å²) in [7, 11) is 0. The number of halogens is 2. The molecule has 1 aromatic carbocycles. The maximum atomic E-state index is 13.6. The third kappa shape index (κ3) is 2.15. The number of nitrogens with one attached hydrogen (secondary N) is 1. The van der Waals surface area contributed by atoms with Crippen LogP contribution in [-0.2, 0) is 6.54 Å². The molecule has 2 aliphatic rings. The average molecular weight is 252 g/mol. The number of rotatable bonds is 2. The van der Waals surface area contributed by atoms with Gasteiger partial charge < -0.3 is 5.32 Å². The van der Waals surface area contributed by atoms with Gasteiger partial charge in [-0.15, -0.1) is 0 Å². The zero-order valence-corrected chi connectivity index (χ0v) is 10.4. The quantitative estimate of drug-likeness (QED) is 0.867. The van der Waals surface area contributed by atoms with Crippen LogP contribution < -0.4 is 5.32 Å². The van der Waals surface area contributed by atoms with Crippen molar-refractivity contribution in [2.75, 3.05) is 26.2 Å². The van der Waals surface area contributed by atoms with E-state index in [2.05, 4.69) is 10.2 Å². The highest BCUT2D eigenvalue weighted by molar-refractivity contribution is 5.20. The molecule has 1 unspecified atom stereocenters. The second kappa shape index (κ2) is 4.59. The summed E-state index contributed by atoms with van der Waals surface area (Å²) in [5, 5.41) is 3.39. The maximum absolute atomic E-state index is 13.6. The minimum Gasteiger partial charge on any atom is -0.316 e. The van der Waals surface area contributed by atoms with Crippen molar-refractivity contribution in [1.82, 2.24) is 10.2 Å². The molecule has 2 saturated heterocycles. The molecule has 2 nitrogen and oxygen atoms in total. The van der Waals surface area contributed by atoms with Crippen molar-refractivity contribution in [2.45, 2.75) is 19.4 Å². The van der Waals surface area contributed by atoms with Crippen LogP contribution in [0.4, 0.5) is 8.78 Å². The third-order valence-electron chi connectivity index (χ3n) is 4.29. The molecule has 0 amide bonds. The fraction of sp³-hybridized carbons (Fsp3) is 0.571. The van der Waals surface area contributed by atoms with Gasteiger partial charge in [0.05, 0.1) is 0 Å². The molecule has 0 radical (unpaired) electrons. The van der Waals surface area contributed by atoms with Crippen LogP contribution in [0.3, 0.4) is 0 Å². The lowest BCUT2D eigenvalue weighted by Gasteiger charge is -2.23. The van der Waals surface area contributed by atoms with Crippen LogP contribution >= 0.6 is 0 Å². The predicted octanol–water partition coefficient (Wildman–Crippen LogP) is 2.15. The Labute approximate surface area is 106 Å². The lowest BCUT2D eigenvalue weighted by atomic mass is 9.86. The second-order valence-electron chi connectivity index (χ2n) is 5.59. The lowest BCUT2D eigenvalue weighted by Crippen LogP contribution is -2.29. The lowest BCUT2D eigenvalue weighted by molar-refractivity contribution is 0.262. The van der Waals surface area contributed by atoms with Crippen molar-refractivity contribution >= 4 is 0 Å². The minimum absolute atomic E-state index is 0.209. The summed E-state index contributed by atoms with van der Waals surface area (Å²) >= 11 is 0. The second-order valence-corrected chi connectivity index (χ2v) is 5.59. The molecule has 0 saturated carbocycles. The Morgan fingerprint density at radius 2 is 2.00 bits per heavy atom. The minimum atomic E-state index is -0.430. The van der Waals surface area contributed by atoms with E-state index in [9.17, 15) is 8.78 Å². The molecule has 18 heavy (non-hydrogen) atoms. The smallest absolute Gasteiger partial charge is 0.130 e. The third-order valence-corrected chi connectivity index (χ3v) is 4.29. The highest BCUT2D eigenvalue weighted by Gasteiger charge is 2.40. The Balaban J connectivity index is 1.71. The van der Waals surface area contributed by atoms with E-state index < -0.39 is 11.6 Å². The van der Waals surface area contributed by atoms with Gasteiger partial charge in [0.1, 0.15) is 11.6 Å². The van der Waals surface area contributed by atoms with E-state index in [0.717, 1.165) is 32.6 Å². The van der Waals surface area contributed by atoms with Crippen molar-refractivity contribution in [1.29, 1.82) is 0 Å². The van der Waals surface area contributed by atoms with Crippen LogP contribution in [0.1, 0.15) is 18.4 Å². The molecule has 2 aliphatic heterocycles. The Bertz CT molecular complexity index is 421. The summed E-state index contributed by atoms with van der Waals surface area (Å²) in [6.07, 6.45) is 2.32. The molecule has 0 aliphatic carbocycles. The molecule has 1 aromatic rings. The number of hydrogen-bond acceptors (Lipinski definition) is 2. The first-order valence-corrected chi connectivity index (χ1v) is 6.55. The summed E-state index contributed by atoms with van der Waals surface area (Å²) in [5.41, 5.74) is 0.558. The molecule has 1 atom stereocenters. The van der Waals surface area contributed by atoms with Crippen LogP contribution in [0.5, 0.6) is 0 Å². The first kappa shape index (κ1) is 12.1. The highest BCUT2D eigenvalue weighted by atomic mass is 19.1. The van der Waals surface area contributed by atoms with Crippen molar-refractivity contribution in [3.05, 3.63) is 35.4 Å². The molecule has 98 valence electrons. The van der Waals surface area contributed by atoms with Gasteiger partial charge in [-0.3, -0.25) is 4.90 Å². The predicted molar refractivity (Wildman–Crippen MR) is 66.2 cm³/mol. The molecule has 3 rings (SSSR count). The highest BCUT2D eigenvalue weighted by Crippen LogP contribution is 2.36. The Morgan fingerprint density at radius 3 is 2.67 bits per heavy atom. The summed E-state index contributed by atoms with van der Waals surface area (Å²) < 4.78 is 27.2. The van der Waals surface area contributed by atoms with Gasteiger partial charge in [0.25, 0.3) is 0 Å². The van der Waals surface area contributed by atoms with Gasteiger partial charge in [-0.1, -0.05) is 6.07 Å². The van der Waals surface area contributed by atoms with Crippen molar-refractivity contribution in [3.63, 3.8) is 0 Å². The Hall–Kier alpha value is -1.00. The largest absolute Gasteiger partial charge is 0.316 e. The van der Waals surface area contributed by atoms with Gasteiger partial charge >= 0.3 is 0 Å². The molecule has 2 heterocycles. The maximum Gasteiger partial charge on any atom is 0.130 e. The van der Waals surface area contributed by atoms with Crippen LogP contribution in [0.2, 0.25) is 0 Å². The van der Waals surface area contributed by atoms with Crippen LogP contribution in [0.15, 0.2) is 18.2 Å². The summed E-state index contributed by atoms with van der Waals surface area (Å²) in [4.78, 5) is 2.18. The van der Waals surface area contributed by atoms with E-state index in [1.165, 1.54) is 24.6 Å². The van der Waals surface area contributed by atoms with Gasteiger partial charge in [-0.2, -0.15) is 0 Å². The fourth-order valence-corrected chi connectivity index (χ4v) is 3.21. The van der Waals surface area contributed by atoms with E-state index in [0.29, 0.717) is 12.0 Å². The van der Waals surface area contributed by atoms with Gasteiger partial charge in [0, 0.05) is 25.2 Å². The zero-order chi connectivity index (χ0) is 12.6. The first-order valence-electron chi connectivity index (χ1n) is 6.55. The topological polar surface area (TPSA) is 15.3 Å². The van der Waals surface area contributed by atoms with E-state index in [-0.39, 0.29) is 5.56 Å². The number of hydrogen-bond donors (Lipinski definition) is 1. The van der Waals surface area contributed by atoms with Gasteiger partial charge in [-0.05, 0) is 43.5 Å². The summed E-state index contributed by atoms with van der Waals surface area (Å²) in [5.74, 6) is -0.860. The molecule has 2 fully saturated rings. The molecule has 0 bridgehead atoms. The van der Waals surface area contributed by atoms with Crippen molar-refractivity contribution < 1.29 is 8.78 Å². The van der Waals surface area contributed by atoms with Gasteiger partial charge in [0.2, 0.25) is 0 Å². The molecule has 0 aromatic heterocycles. The van der Waals surface area contributed by atoms with Crippen molar-refractivity contribution in [2.24, 2.45) is 5.41 Å². The number of nitrogens with zero attached hydrogens (tertiary/aromatic N) is 1. The summed E-state index contributed by atoms with van der Waals surface area (Å²) in [6.45, 7) is 4.40. The average Bonchev–Trinajstić information content (AvgIpc) is 2.96. The molecule has 1 N–H and O–H groups in total. The zero-order valence-electron chi connectivity index (χ0n) is 10.4. The van der Waals surface area contributed by atoms with E-state index in [1.807, 2.05) is 0 Å². The monoisotopic (exact) mass is 252 g/mol. The molecule has 4 heteroatoms. The van der Waals surface area contributed by atoms with Crippen LogP contribution in [0, 0.1) is 17.0 Å². The van der Waals surface area contributed by atoms with Crippen molar-refractivity contribution in [3.8, 4) is 0 Å². The number of benzene rings is 1. The Kier molecular flexibility index (Phi) is 3.08. The van der Waals surface area contributed by atoms with Crippen LogP contribution in [-0.4, -0.2) is 31.1 Å². The fourth-order valence-electron chi connectivity index (χ4n) is 3.21. The van der Waals surface area contributed by atoms with Gasteiger partial charge in [-0.25, -0.2) is 8.78 Å². The molecule has 1 spiro atoms. The first-order chi connectivity index (χ1) is 8.69. The van der Waals surface area contributed by atoms with E-state index in [1.54, 1.807) is 0 Å². The molecular weight excluding hydrogens is 234 g/mol. The standard InChI is InChI=1S/C14H18F2N2/c15-12-2-1-3-13(16)11(12)8-18-7-5-14(10-18)4-6-17-9-14/h1-3,17H,4-10H2. The van der Waals surface area contributed by atoms with E-state index in [4.69, 9.17) is 0 Å². The SMILES string of the molecule is Fc1cccc(F)c1CN1CCC2(CCNC2)C1. The molecular formula is C14H18F2N2. The Morgan fingerprint density at radius 1 is 1.22 bits per heavy atom. The van der Waals surface area contributed by atoms with Gasteiger partial charge in [0.15, 0.2) is 0 Å².